The summed E-state index contributed by atoms with van der Waals surface area (Å²) in [6.45, 7) is 0. The summed E-state index contributed by atoms with van der Waals surface area (Å²) in [5, 5.41) is 0. The Morgan fingerprint density at radius 2 is 1.75 bits per heavy atom. The Morgan fingerprint density at radius 3 is 2.00 bits per heavy atom. The van der Waals surface area contributed by atoms with Gasteiger partial charge in [-0.15, -0.1) is 0 Å². The zero-order valence-corrected chi connectivity index (χ0v) is 13.6. The van der Waals surface area contributed by atoms with Crippen LogP contribution < -0.4 is 29.6 Å². The molecule has 0 spiro atoms. The number of rotatable bonds is 6. The van der Waals surface area contributed by atoms with Gasteiger partial charge in [0.25, 0.3) is 0 Å². The van der Waals surface area contributed by atoms with E-state index >= 15 is 0 Å². The van der Waals surface area contributed by atoms with Crippen LogP contribution in [-0.2, 0) is 19.3 Å². The third-order valence-corrected chi connectivity index (χ3v) is 4.45. The van der Waals surface area contributed by atoms with Gasteiger partial charge in [0.1, 0.15) is 0 Å². The van der Waals surface area contributed by atoms with Crippen molar-refractivity contribution in [2.75, 3.05) is 25.6 Å². The number of nitrogens with zero attached hydrogens (tertiary/aromatic N) is 1. The van der Waals surface area contributed by atoms with Crippen LogP contribution >= 0.6 is 10.8 Å². The molecule has 0 aliphatic carbocycles. The fraction of sp³-hybridized carbons (Fsp3) is 1.00. The van der Waals surface area contributed by atoms with Crippen molar-refractivity contribution in [2.24, 2.45) is 0 Å². The van der Waals surface area contributed by atoms with Crippen molar-refractivity contribution in [2.45, 2.75) is 6.04 Å². The molecule has 92 valence electrons. The summed E-state index contributed by atoms with van der Waals surface area (Å²) in [7, 11) is -5.41. The summed E-state index contributed by atoms with van der Waals surface area (Å²) in [6.07, 6.45) is 0. The van der Waals surface area contributed by atoms with Gasteiger partial charge in [-0.25, -0.2) is 8.42 Å². The molecule has 0 amide bonds. The number of hydrogen-bond acceptors (Lipinski definition) is 7. The van der Waals surface area contributed by atoms with Crippen molar-refractivity contribution >= 4 is 30.1 Å². The van der Waals surface area contributed by atoms with Gasteiger partial charge in [-0.2, -0.15) is 8.42 Å². The second-order valence-corrected chi connectivity index (χ2v) is 7.90. The van der Waals surface area contributed by atoms with Crippen molar-refractivity contribution < 1.29 is 55.5 Å². The summed E-state index contributed by atoms with van der Waals surface area (Å²) in [4.78, 5) is 1.41. The average molecular weight is 301 g/mol. The quantitative estimate of drug-likeness (QED) is 0.300. The molecule has 0 aliphatic heterocycles. The van der Waals surface area contributed by atoms with Crippen molar-refractivity contribution in [1.82, 2.24) is 4.90 Å². The SMILES string of the molecule is CN(C)C(CSS(=O)(=O)O)CS(=O)(=O)[O-].[Na+]. The molecule has 0 aromatic rings. The topological polar surface area (TPSA) is 115 Å². The molecule has 0 saturated carbocycles. The Balaban J connectivity index is 0. The van der Waals surface area contributed by atoms with Crippen LogP contribution in [0.5, 0.6) is 0 Å². The van der Waals surface area contributed by atoms with Gasteiger partial charge in [-0.1, -0.05) is 0 Å². The van der Waals surface area contributed by atoms with E-state index in [-0.39, 0.29) is 46.1 Å². The van der Waals surface area contributed by atoms with E-state index < -0.39 is 31.1 Å². The maximum atomic E-state index is 10.5. The van der Waals surface area contributed by atoms with E-state index in [2.05, 4.69) is 0 Å². The fourth-order valence-electron chi connectivity index (χ4n) is 0.746. The first-order valence-electron chi connectivity index (χ1n) is 3.73. The first kappa shape index (κ1) is 19.5. The van der Waals surface area contributed by atoms with Gasteiger partial charge in [-0.3, -0.25) is 4.55 Å². The minimum atomic E-state index is -4.42. The average Bonchev–Trinajstić information content (AvgIpc) is 1.93. The predicted molar refractivity (Wildman–Crippen MR) is 56.0 cm³/mol. The Bertz CT molecular complexity index is 390. The van der Waals surface area contributed by atoms with Gasteiger partial charge in [0.2, 0.25) is 0 Å². The van der Waals surface area contributed by atoms with Crippen LogP contribution in [-0.4, -0.2) is 62.5 Å². The molecule has 0 radical (unpaired) electrons. The molecule has 0 bridgehead atoms. The predicted octanol–water partition coefficient (Wildman–Crippen LogP) is -4.00. The second kappa shape index (κ2) is 7.54. The van der Waals surface area contributed by atoms with Crippen LogP contribution in [0.1, 0.15) is 0 Å². The van der Waals surface area contributed by atoms with Crippen molar-refractivity contribution in [1.29, 1.82) is 0 Å². The molecule has 11 heteroatoms. The second-order valence-electron chi connectivity index (χ2n) is 3.05. The van der Waals surface area contributed by atoms with Crippen LogP contribution in [0.2, 0.25) is 0 Å². The van der Waals surface area contributed by atoms with Crippen LogP contribution in [0.3, 0.4) is 0 Å². The monoisotopic (exact) mass is 301 g/mol. The van der Waals surface area contributed by atoms with Crippen LogP contribution in [0.25, 0.3) is 0 Å². The summed E-state index contributed by atoms with van der Waals surface area (Å²) in [5.74, 6) is -0.879. The molecule has 1 N–H and O–H groups in total. The minimum Gasteiger partial charge on any atom is -0.748 e. The van der Waals surface area contributed by atoms with E-state index in [0.29, 0.717) is 0 Å². The van der Waals surface area contributed by atoms with Gasteiger partial charge >= 0.3 is 38.7 Å². The first-order chi connectivity index (χ1) is 6.51. The Labute approximate surface area is 121 Å². The summed E-state index contributed by atoms with van der Waals surface area (Å²) in [6, 6.07) is -0.751. The van der Waals surface area contributed by atoms with Gasteiger partial charge in [0.15, 0.2) is 0 Å². The van der Waals surface area contributed by atoms with Crippen LogP contribution in [0.15, 0.2) is 0 Å². The molecule has 0 heterocycles. The van der Waals surface area contributed by atoms with Crippen LogP contribution in [0.4, 0.5) is 0 Å². The zero-order valence-electron chi connectivity index (χ0n) is 9.15. The van der Waals surface area contributed by atoms with E-state index in [1.165, 1.54) is 19.0 Å². The first-order valence-corrected chi connectivity index (χ1v) is 8.25. The molecular weight excluding hydrogens is 289 g/mol. The Morgan fingerprint density at radius 1 is 1.31 bits per heavy atom. The standard InChI is InChI=1S/C5H13NO6S3.Na/c1-6(2)5(4-14(7,8)9)3-13-15(10,11)12;/h5H,3-4H2,1-2H3,(H,7,8,9)(H,10,11,12);/q;+1/p-1. The Kier molecular flexibility index (Phi) is 9.17. The molecule has 16 heavy (non-hydrogen) atoms. The van der Waals surface area contributed by atoms with Gasteiger partial charge in [-0.05, 0) is 24.9 Å². The molecule has 0 aromatic carbocycles. The molecule has 0 fully saturated rings. The minimum absolute atomic E-state index is 0. The van der Waals surface area contributed by atoms with E-state index in [1.807, 2.05) is 0 Å². The maximum Gasteiger partial charge on any atom is 1.00 e. The zero-order chi connectivity index (χ0) is 12.3. The van der Waals surface area contributed by atoms with E-state index in [4.69, 9.17) is 4.55 Å². The molecule has 0 saturated heterocycles. The largest absolute Gasteiger partial charge is 1.00 e. The number of hydrogen-bond donors (Lipinski definition) is 1. The van der Waals surface area contributed by atoms with Crippen molar-refractivity contribution in [3.05, 3.63) is 0 Å². The van der Waals surface area contributed by atoms with Crippen molar-refractivity contribution in [3.63, 3.8) is 0 Å². The molecule has 0 aromatic heterocycles. The maximum absolute atomic E-state index is 10.5. The summed E-state index contributed by atoms with van der Waals surface area (Å²) < 4.78 is 60.6. The van der Waals surface area contributed by atoms with Crippen molar-refractivity contribution in [3.8, 4) is 0 Å². The normalized spacial score (nSPS) is 14.6. The smallest absolute Gasteiger partial charge is 0.748 e. The third-order valence-electron chi connectivity index (χ3n) is 1.54. The van der Waals surface area contributed by atoms with Gasteiger partial charge in [0, 0.05) is 11.8 Å². The van der Waals surface area contributed by atoms with E-state index in [9.17, 15) is 21.4 Å². The van der Waals surface area contributed by atoms with Crippen LogP contribution in [0, 0.1) is 0 Å². The molecule has 0 rings (SSSR count). The Hall–Kier alpha value is 1.13. The third kappa shape index (κ3) is 11.6. The van der Waals surface area contributed by atoms with Gasteiger partial charge in [0.05, 0.1) is 15.9 Å². The molecule has 1 atom stereocenters. The summed E-state index contributed by atoms with van der Waals surface area (Å²) in [5.41, 5.74) is 0. The van der Waals surface area contributed by atoms with Gasteiger partial charge < -0.3 is 9.45 Å². The summed E-state index contributed by atoms with van der Waals surface area (Å²) >= 11 is 0. The van der Waals surface area contributed by atoms with E-state index in [0.717, 1.165) is 0 Å². The molecule has 1 unspecified atom stereocenters. The van der Waals surface area contributed by atoms with E-state index in [1.54, 1.807) is 0 Å². The fourth-order valence-corrected chi connectivity index (χ4v) is 3.52. The molecule has 7 nitrogen and oxygen atoms in total. The molecule has 0 aliphatic rings. The molecular formula is C5H12NNaO6S3.